The van der Waals surface area contributed by atoms with Crippen LogP contribution in [0.25, 0.3) is 0 Å². The van der Waals surface area contributed by atoms with Crippen molar-refractivity contribution < 1.29 is 23.5 Å². The predicted octanol–water partition coefficient (Wildman–Crippen LogP) is 3.14. The van der Waals surface area contributed by atoms with Crippen LogP contribution in [0.5, 0.6) is 0 Å². The minimum absolute atomic E-state index is 0.0408. The quantitative estimate of drug-likeness (QED) is 0.585. The van der Waals surface area contributed by atoms with Crippen LogP contribution >= 0.6 is 0 Å². The highest BCUT2D eigenvalue weighted by Crippen LogP contribution is 2.41. The van der Waals surface area contributed by atoms with E-state index in [9.17, 15) is 9.59 Å². The lowest BCUT2D eigenvalue weighted by Crippen LogP contribution is -2.54. The molecule has 128 valence electrons. The number of ether oxygens (including phenoxy) is 2. The second kappa shape index (κ2) is 6.70. The molecule has 0 aromatic carbocycles. The van der Waals surface area contributed by atoms with Gasteiger partial charge in [0, 0.05) is 5.92 Å². The summed E-state index contributed by atoms with van der Waals surface area (Å²) in [7, 11) is -0.670. The highest BCUT2D eigenvalue weighted by molar-refractivity contribution is 6.74. The first-order chi connectivity index (χ1) is 9.90. The third kappa shape index (κ3) is 4.10. The highest BCUT2D eigenvalue weighted by Gasteiger charge is 2.48. The Bertz CT molecular complexity index is 425. The molecule has 1 aliphatic rings. The molecule has 0 saturated carbocycles. The number of rotatable bonds is 4. The maximum Gasteiger partial charge on any atom is 0.311 e. The fourth-order valence-corrected chi connectivity index (χ4v) is 3.82. The van der Waals surface area contributed by atoms with Crippen molar-refractivity contribution >= 4 is 20.3 Å². The van der Waals surface area contributed by atoms with Crippen molar-refractivity contribution in [2.75, 3.05) is 7.11 Å². The average molecular weight is 330 g/mol. The van der Waals surface area contributed by atoms with Gasteiger partial charge in [-0.05, 0) is 25.1 Å². The fraction of sp³-hybridized carbons (Fsp3) is 0.875. The zero-order valence-corrected chi connectivity index (χ0v) is 16.1. The van der Waals surface area contributed by atoms with Crippen LogP contribution in [0.15, 0.2) is 0 Å². The van der Waals surface area contributed by atoms with Crippen LogP contribution < -0.4 is 0 Å². The van der Waals surface area contributed by atoms with E-state index < -0.39 is 14.4 Å². The number of methoxy groups -OCH3 is 1. The van der Waals surface area contributed by atoms with Gasteiger partial charge in [0.15, 0.2) is 8.32 Å². The Morgan fingerprint density at radius 1 is 1.27 bits per heavy atom. The Hall–Kier alpha value is -0.883. The van der Waals surface area contributed by atoms with E-state index in [1.165, 1.54) is 7.11 Å². The molecule has 22 heavy (non-hydrogen) atoms. The van der Waals surface area contributed by atoms with E-state index in [0.29, 0.717) is 0 Å². The van der Waals surface area contributed by atoms with Gasteiger partial charge < -0.3 is 13.9 Å². The van der Waals surface area contributed by atoms with Gasteiger partial charge in [-0.15, -0.1) is 0 Å². The topological polar surface area (TPSA) is 61.8 Å². The van der Waals surface area contributed by atoms with Crippen LogP contribution in [0.4, 0.5) is 0 Å². The molecular weight excluding hydrogens is 300 g/mol. The summed E-state index contributed by atoms with van der Waals surface area (Å²) in [4.78, 5) is 23.6. The van der Waals surface area contributed by atoms with Gasteiger partial charge in [-0.2, -0.15) is 0 Å². The molecule has 0 aromatic heterocycles. The van der Waals surface area contributed by atoms with Crippen molar-refractivity contribution in [3.05, 3.63) is 0 Å². The van der Waals surface area contributed by atoms with Crippen LogP contribution in [0.1, 0.15) is 41.0 Å². The largest absolute Gasteiger partial charge is 0.469 e. The molecule has 4 atom stereocenters. The SMILES string of the molecule is COC(=O)C[C@H]1OC(=O)[C@H](C)[C@@H](O[Si](C)(C)C(C)(C)C)[C@H]1C. The van der Waals surface area contributed by atoms with E-state index in [2.05, 4.69) is 33.9 Å². The fourth-order valence-electron chi connectivity index (χ4n) is 2.37. The lowest BCUT2D eigenvalue weighted by molar-refractivity contribution is -0.178. The molecule has 1 heterocycles. The number of esters is 2. The third-order valence-electron chi connectivity index (χ3n) is 5.07. The van der Waals surface area contributed by atoms with E-state index in [0.717, 1.165) is 0 Å². The van der Waals surface area contributed by atoms with E-state index in [4.69, 9.17) is 13.9 Å². The number of hydrogen-bond donors (Lipinski definition) is 0. The first kappa shape index (κ1) is 19.2. The second-order valence-electron chi connectivity index (χ2n) is 7.75. The molecule has 0 N–H and O–H groups in total. The minimum atomic E-state index is -2.01. The van der Waals surface area contributed by atoms with Crippen molar-refractivity contribution in [1.82, 2.24) is 0 Å². The Morgan fingerprint density at radius 3 is 2.27 bits per heavy atom. The van der Waals surface area contributed by atoms with Gasteiger partial charge in [-0.3, -0.25) is 9.59 Å². The van der Waals surface area contributed by atoms with Crippen molar-refractivity contribution in [1.29, 1.82) is 0 Å². The van der Waals surface area contributed by atoms with E-state index in [1.54, 1.807) is 0 Å². The summed E-state index contributed by atoms with van der Waals surface area (Å²) in [5, 5.41) is 0.0611. The standard InChI is InChI=1S/C16H30O5Si/c1-10-12(9-13(17)19-6)20-15(18)11(2)14(10)21-22(7,8)16(3,4)5/h10-12,14H,9H2,1-8H3/t10-,11+,12+,14-/m0/s1. The summed E-state index contributed by atoms with van der Waals surface area (Å²) in [5.41, 5.74) is 0. The summed E-state index contributed by atoms with van der Waals surface area (Å²) >= 11 is 0. The first-order valence-corrected chi connectivity index (χ1v) is 10.8. The van der Waals surface area contributed by atoms with Crippen LogP contribution in [0.2, 0.25) is 18.1 Å². The van der Waals surface area contributed by atoms with E-state index >= 15 is 0 Å². The zero-order valence-electron chi connectivity index (χ0n) is 15.1. The van der Waals surface area contributed by atoms with Gasteiger partial charge in [-0.1, -0.05) is 27.7 Å². The molecule has 0 aromatic rings. The molecule has 0 spiro atoms. The molecule has 0 unspecified atom stereocenters. The summed E-state index contributed by atoms with van der Waals surface area (Å²) in [6, 6.07) is 0. The Morgan fingerprint density at radius 2 is 1.82 bits per heavy atom. The molecule has 6 heteroatoms. The molecule has 0 radical (unpaired) electrons. The summed E-state index contributed by atoms with van der Waals surface area (Å²) in [5.74, 6) is -1.03. The summed E-state index contributed by atoms with van der Waals surface area (Å²) in [6.07, 6.45) is -0.629. The lowest BCUT2D eigenvalue weighted by Gasteiger charge is -2.45. The van der Waals surface area contributed by atoms with Gasteiger partial charge in [0.25, 0.3) is 0 Å². The van der Waals surface area contributed by atoms with Crippen molar-refractivity contribution in [2.45, 2.75) is 71.4 Å². The summed E-state index contributed by atoms with van der Waals surface area (Å²) in [6.45, 7) is 14.7. The maximum absolute atomic E-state index is 12.1. The van der Waals surface area contributed by atoms with E-state index in [1.807, 2.05) is 13.8 Å². The maximum atomic E-state index is 12.1. The van der Waals surface area contributed by atoms with Crippen LogP contribution in [0, 0.1) is 11.8 Å². The molecule has 0 amide bonds. The molecule has 0 bridgehead atoms. The molecule has 1 saturated heterocycles. The van der Waals surface area contributed by atoms with E-state index in [-0.39, 0.29) is 41.3 Å². The third-order valence-corrected chi connectivity index (χ3v) is 9.54. The normalized spacial score (nSPS) is 29.9. The lowest BCUT2D eigenvalue weighted by atomic mass is 9.85. The Kier molecular flexibility index (Phi) is 5.84. The monoisotopic (exact) mass is 330 g/mol. The molecule has 1 rings (SSSR count). The van der Waals surface area contributed by atoms with Crippen LogP contribution in [-0.2, 0) is 23.5 Å². The summed E-state index contributed by atoms with van der Waals surface area (Å²) < 4.78 is 16.6. The Labute approximate surface area is 134 Å². The van der Waals surface area contributed by atoms with Crippen molar-refractivity contribution in [3.8, 4) is 0 Å². The molecule has 0 aliphatic carbocycles. The Balaban J connectivity index is 2.95. The van der Waals surface area contributed by atoms with Crippen molar-refractivity contribution in [3.63, 3.8) is 0 Å². The van der Waals surface area contributed by atoms with Gasteiger partial charge >= 0.3 is 11.9 Å². The average Bonchev–Trinajstić information content (AvgIpc) is 2.39. The minimum Gasteiger partial charge on any atom is -0.469 e. The first-order valence-electron chi connectivity index (χ1n) is 7.86. The second-order valence-corrected chi connectivity index (χ2v) is 12.5. The predicted molar refractivity (Wildman–Crippen MR) is 86.9 cm³/mol. The molecular formula is C16H30O5Si. The number of hydrogen-bond acceptors (Lipinski definition) is 5. The van der Waals surface area contributed by atoms with Crippen molar-refractivity contribution in [2.24, 2.45) is 11.8 Å². The number of carbonyl (C=O) groups is 2. The molecule has 1 fully saturated rings. The highest BCUT2D eigenvalue weighted by atomic mass is 28.4. The zero-order chi connectivity index (χ0) is 17.3. The molecule has 1 aliphatic heterocycles. The van der Waals surface area contributed by atoms with Crippen LogP contribution in [-0.4, -0.2) is 39.6 Å². The van der Waals surface area contributed by atoms with Gasteiger partial charge in [0.05, 0.1) is 25.6 Å². The van der Waals surface area contributed by atoms with Gasteiger partial charge in [0.1, 0.15) is 6.10 Å². The smallest absolute Gasteiger partial charge is 0.311 e. The number of cyclic esters (lactones) is 1. The number of carbonyl (C=O) groups excluding carboxylic acids is 2. The van der Waals surface area contributed by atoms with Gasteiger partial charge in [0.2, 0.25) is 0 Å². The molecule has 5 nitrogen and oxygen atoms in total. The van der Waals surface area contributed by atoms with Gasteiger partial charge in [-0.25, -0.2) is 0 Å². The van der Waals surface area contributed by atoms with Crippen LogP contribution in [0.3, 0.4) is 0 Å².